The molecule has 2 N–H and O–H groups in total. The van der Waals surface area contributed by atoms with Crippen LogP contribution in [0.4, 0.5) is 8.78 Å². The van der Waals surface area contributed by atoms with Crippen LogP contribution in [0.2, 0.25) is 0 Å². The van der Waals surface area contributed by atoms with E-state index < -0.39 is 50.4 Å². The Kier molecular flexibility index (Phi) is 4.66. The monoisotopic (exact) mass is 396 g/mol. The molecule has 0 saturated carbocycles. The molecule has 1 fully saturated rings. The normalized spacial score (nSPS) is 18.7. The zero-order valence-electron chi connectivity index (χ0n) is 15.3. The fourth-order valence-electron chi connectivity index (χ4n) is 2.72. The molecule has 2 heterocycles. The van der Waals surface area contributed by atoms with Crippen LogP contribution >= 0.6 is 0 Å². The van der Waals surface area contributed by atoms with Gasteiger partial charge in [-0.15, -0.1) is 0 Å². The molecule has 1 aromatic carbocycles. The van der Waals surface area contributed by atoms with Crippen LogP contribution < -0.4 is 10.6 Å². The van der Waals surface area contributed by atoms with Crippen molar-refractivity contribution < 1.29 is 26.5 Å². The van der Waals surface area contributed by atoms with Crippen LogP contribution in [0.15, 0.2) is 35.5 Å². The second-order valence-corrected chi connectivity index (χ2v) is 8.90. The van der Waals surface area contributed by atoms with E-state index in [4.69, 9.17) is 14.4 Å². The maximum absolute atomic E-state index is 14.7. The van der Waals surface area contributed by atoms with Gasteiger partial charge >= 0.3 is 7.12 Å². The van der Waals surface area contributed by atoms with Gasteiger partial charge < -0.3 is 9.31 Å². The number of rotatable bonds is 3. The third kappa shape index (κ3) is 3.50. The van der Waals surface area contributed by atoms with Crippen molar-refractivity contribution in [3.63, 3.8) is 0 Å². The average Bonchev–Trinajstić information content (AvgIpc) is 2.74. The minimum Gasteiger partial charge on any atom is -0.399 e. The van der Waals surface area contributed by atoms with Gasteiger partial charge in [-0.05, 0) is 39.8 Å². The quantitative estimate of drug-likeness (QED) is 0.802. The van der Waals surface area contributed by atoms with Crippen LogP contribution in [-0.4, -0.2) is 31.7 Å². The van der Waals surface area contributed by atoms with Crippen LogP contribution in [-0.2, 0) is 19.3 Å². The second-order valence-electron chi connectivity index (χ2n) is 7.37. The molecule has 1 aliphatic heterocycles. The molecule has 0 amide bonds. The van der Waals surface area contributed by atoms with Crippen molar-refractivity contribution >= 4 is 22.6 Å². The van der Waals surface area contributed by atoms with E-state index in [9.17, 15) is 17.2 Å². The molecule has 0 radical (unpaired) electrons. The first kappa shape index (κ1) is 19.9. The molecule has 0 unspecified atom stereocenters. The van der Waals surface area contributed by atoms with E-state index >= 15 is 0 Å². The van der Waals surface area contributed by atoms with Crippen LogP contribution in [0.5, 0.6) is 0 Å². The lowest BCUT2D eigenvalue weighted by atomic mass is 9.79. The summed E-state index contributed by atoms with van der Waals surface area (Å²) in [7, 11) is -5.13. The summed E-state index contributed by atoms with van der Waals surface area (Å²) in [6.07, 6.45) is 2.69. The van der Waals surface area contributed by atoms with Crippen molar-refractivity contribution in [2.24, 2.45) is 5.14 Å². The summed E-state index contributed by atoms with van der Waals surface area (Å²) in [5.74, 6) is -2.21. The highest BCUT2D eigenvalue weighted by Gasteiger charge is 2.51. The summed E-state index contributed by atoms with van der Waals surface area (Å²) in [4.78, 5) is 3.21. The Balaban J connectivity index is 2.08. The van der Waals surface area contributed by atoms with Gasteiger partial charge in [-0.25, -0.2) is 22.3 Å². The van der Waals surface area contributed by atoms with Crippen molar-refractivity contribution in [1.82, 2.24) is 4.98 Å². The standard InChI is InChI=1S/C17H19BF2N2O4S/c1-16(2)17(3,4)26-18(25-16)11-7-10(8-22-9-11)14-12(19)5-6-13(15(14)20)27(21,23)24/h5-9H,1-4H3,(H2,21,23,24). The first-order chi connectivity index (χ1) is 12.3. The molecule has 144 valence electrons. The van der Waals surface area contributed by atoms with Crippen molar-refractivity contribution in [2.75, 3.05) is 0 Å². The lowest BCUT2D eigenvalue weighted by Gasteiger charge is -2.32. The predicted molar refractivity (Wildman–Crippen MR) is 96.7 cm³/mol. The van der Waals surface area contributed by atoms with E-state index in [-0.39, 0.29) is 5.56 Å². The number of nitrogens with zero attached hydrogens (tertiary/aromatic N) is 1. The van der Waals surface area contributed by atoms with Gasteiger partial charge in [-0.3, -0.25) is 4.98 Å². The highest BCUT2D eigenvalue weighted by molar-refractivity contribution is 7.89. The summed E-state index contributed by atoms with van der Waals surface area (Å²) in [6, 6.07) is 3.08. The first-order valence-electron chi connectivity index (χ1n) is 8.15. The van der Waals surface area contributed by atoms with Gasteiger partial charge in [0, 0.05) is 23.4 Å². The highest BCUT2D eigenvalue weighted by Crippen LogP contribution is 2.37. The van der Waals surface area contributed by atoms with E-state index in [0.717, 1.165) is 12.1 Å². The molecule has 10 heteroatoms. The molecular formula is C17H19BF2N2O4S. The molecule has 2 aromatic rings. The van der Waals surface area contributed by atoms with Crippen LogP contribution in [0.1, 0.15) is 27.7 Å². The fourth-order valence-corrected chi connectivity index (χ4v) is 3.33. The van der Waals surface area contributed by atoms with Gasteiger partial charge in [-0.1, -0.05) is 6.07 Å². The van der Waals surface area contributed by atoms with Crippen molar-refractivity contribution in [1.29, 1.82) is 0 Å². The molecule has 27 heavy (non-hydrogen) atoms. The Morgan fingerprint density at radius 1 is 1.07 bits per heavy atom. The SMILES string of the molecule is CC1(C)OB(c2cncc(-c3c(F)ccc(S(N)(=O)=O)c3F)c2)OC1(C)C. The van der Waals surface area contributed by atoms with Gasteiger partial charge in [0.2, 0.25) is 10.0 Å². The number of aromatic nitrogens is 1. The van der Waals surface area contributed by atoms with Gasteiger partial charge in [-0.2, -0.15) is 0 Å². The molecule has 0 spiro atoms. The third-order valence-corrected chi connectivity index (χ3v) is 5.86. The summed E-state index contributed by atoms with van der Waals surface area (Å²) in [5.41, 5.74) is -1.24. The Bertz CT molecular complexity index is 996. The molecule has 0 aliphatic carbocycles. The molecule has 0 atom stereocenters. The van der Waals surface area contributed by atoms with Crippen LogP contribution in [0, 0.1) is 11.6 Å². The predicted octanol–water partition coefficient (Wildman–Crippen LogP) is 1.97. The van der Waals surface area contributed by atoms with Gasteiger partial charge in [0.15, 0.2) is 5.82 Å². The second kappa shape index (κ2) is 6.34. The number of benzene rings is 1. The Labute approximate surface area is 156 Å². The lowest BCUT2D eigenvalue weighted by molar-refractivity contribution is 0.00578. The van der Waals surface area contributed by atoms with E-state index in [1.165, 1.54) is 18.5 Å². The summed E-state index contributed by atoms with van der Waals surface area (Å²) in [6.45, 7) is 7.50. The smallest absolute Gasteiger partial charge is 0.399 e. The first-order valence-corrected chi connectivity index (χ1v) is 9.70. The summed E-state index contributed by atoms with van der Waals surface area (Å²) < 4.78 is 63.9. The Hall–Kier alpha value is -1.88. The van der Waals surface area contributed by atoms with Gasteiger partial charge in [0.05, 0.1) is 16.8 Å². The van der Waals surface area contributed by atoms with E-state index in [0.29, 0.717) is 5.46 Å². The van der Waals surface area contributed by atoms with Crippen LogP contribution in [0.25, 0.3) is 11.1 Å². The number of halogens is 2. The maximum Gasteiger partial charge on any atom is 0.496 e. The topological polar surface area (TPSA) is 91.5 Å². The van der Waals surface area contributed by atoms with Gasteiger partial charge in [0.1, 0.15) is 10.7 Å². The maximum atomic E-state index is 14.7. The molecule has 1 aliphatic rings. The number of nitrogens with two attached hydrogens (primary N) is 1. The third-order valence-electron chi connectivity index (χ3n) is 4.94. The zero-order valence-corrected chi connectivity index (χ0v) is 16.1. The average molecular weight is 396 g/mol. The van der Waals surface area contributed by atoms with E-state index in [2.05, 4.69) is 4.98 Å². The summed E-state index contributed by atoms with van der Waals surface area (Å²) in [5, 5.41) is 5.00. The van der Waals surface area contributed by atoms with Crippen LogP contribution in [0.3, 0.4) is 0 Å². The lowest BCUT2D eigenvalue weighted by Crippen LogP contribution is -2.41. The van der Waals surface area contributed by atoms with Gasteiger partial charge in [0.25, 0.3) is 0 Å². The largest absolute Gasteiger partial charge is 0.496 e. The van der Waals surface area contributed by atoms with Crippen molar-refractivity contribution in [3.05, 3.63) is 42.2 Å². The number of pyridine rings is 1. The molecule has 1 saturated heterocycles. The zero-order chi connectivity index (χ0) is 20.2. The van der Waals surface area contributed by atoms with Crippen molar-refractivity contribution in [2.45, 2.75) is 43.8 Å². The summed E-state index contributed by atoms with van der Waals surface area (Å²) >= 11 is 0. The molecule has 0 bridgehead atoms. The minimum atomic E-state index is -4.35. The number of hydrogen-bond donors (Lipinski definition) is 1. The van der Waals surface area contributed by atoms with E-state index in [1.54, 1.807) is 0 Å². The van der Waals surface area contributed by atoms with E-state index in [1.807, 2.05) is 27.7 Å². The highest BCUT2D eigenvalue weighted by atomic mass is 32.2. The number of sulfonamides is 1. The fraction of sp³-hybridized carbons (Fsp3) is 0.353. The molecule has 3 rings (SSSR count). The van der Waals surface area contributed by atoms with Crippen molar-refractivity contribution in [3.8, 4) is 11.1 Å². The number of primary sulfonamides is 1. The Morgan fingerprint density at radius 2 is 1.67 bits per heavy atom. The number of hydrogen-bond acceptors (Lipinski definition) is 5. The Morgan fingerprint density at radius 3 is 2.22 bits per heavy atom. The minimum absolute atomic E-state index is 0.0442. The molecule has 6 nitrogen and oxygen atoms in total. The molecular weight excluding hydrogens is 377 g/mol. The molecule has 1 aromatic heterocycles.